The van der Waals surface area contributed by atoms with Crippen molar-refractivity contribution in [1.82, 2.24) is 5.32 Å². The first-order chi connectivity index (χ1) is 8.52. The molecule has 0 spiro atoms. The molecule has 0 aromatic rings. The lowest BCUT2D eigenvalue weighted by atomic mass is 9.98. The Kier molecular flexibility index (Phi) is 4.38. The molecule has 9 heteroatoms. The van der Waals surface area contributed by atoms with E-state index in [0.29, 0.717) is 0 Å². The molecule has 2 aliphatic rings. The van der Waals surface area contributed by atoms with Gasteiger partial charge < -0.3 is 25.4 Å². The van der Waals surface area contributed by atoms with Crippen molar-refractivity contribution in [3.05, 3.63) is 0 Å². The molecule has 0 bridgehead atoms. The molecule has 0 aromatic carbocycles. The number of alkyl halides is 2. The molecule has 0 saturated carbocycles. The minimum absolute atomic E-state index is 0.245. The zero-order valence-corrected chi connectivity index (χ0v) is 10.1. The van der Waals surface area contributed by atoms with Gasteiger partial charge in [0.05, 0.1) is 12.6 Å². The van der Waals surface area contributed by atoms with Crippen molar-refractivity contribution in [2.75, 3.05) is 13.2 Å². The highest BCUT2D eigenvalue weighted by atomic mass is 32.2. The third-order valence-electron chi connectivity index (χ3n) is 2.77. The molecule has 2 fully saturated rings. The lowest BCUT2D eigenvalue weighted by Crippen LogP contribution is -2.59. The standard InChI is InChI=1S/C9H14F2N2O4S/c10-4(11)1-12-9-13-5-7(16)6(15)3(2-14)17-8(5)18-9/h3-8,14-16H,1-2H2,(H,12,13)/t3-,5?,6-,7-,8?/m1/s1. The Bertz CT molecular complexity index is 334. The molecule has 2 unspecified atom stereocenters. The SMILES string of the molecule is OC[C@H]1OC2SC(=NCC(F)F)NC2[C@@H](O)[C@@H]1O. The first kappa shape index (κ1) is 13.9. The van der Waals surface area contributed by atoms with Gasteiger partial charge in [0.15, 0.2) is 5.17 Å². The van der Waals surface area contributed by atoms with Crippen LogP contribution in [0.15, 0.2) is 4.99 Å². The molecular weight excluding hydrogens is 270 g/mol. The summed E-state index contributed by atoms with van der Waals surface area (Å²) < 4.78 is 29.4. The minimum Gasteiger partial charge on any atom is -0.394 e. The molecule has 2 rings (SSSR count). The van der Waals surface area contributed by atoms with E-state index in [0.717, 1.165) is 11.8 Å². The Morgan fingerprint density at radius 2 is 2.11 bits per heavy atom. The monoisotopic (exact) mass is 284 g/mol. The molecule has 6 nitrogen and oxygen atoms in total. The van der Waals surface area contributed by atoms with E-state index in [-0.39, 0.29) is 5.17 Å². The van der Waals surface area contributed by atoms with Crippen LogP contribution < -0.4 is 5.32 Å². The van der Waals surface area contributed by atoms with Gasteiger partial charge in [-0.05, 0) is 0 Å². The van der Waals surface area contributed by atoms with Crippen molar-refractivity contribution in [1.29, 1.82) is 0 Å². The molecule has 0 radical (unpaired) electrons. The Hall–Kier alpha value is -0.480. The van der Waals surface area contributed by atoms with Crippen molar-refractivity contribution in [3.63, 3.8) is 0 Å². The molecule has 2 saturated heterocycles. The molecule has 4 N–H and O–H groups in total. The molecule has 0 aliphatic carbocycles. The number of amidine groups is 1. The normalized spacial score (nSPS) is 42.1. The van der Waals surface area contributed by atoms with Crippen molar-refractivity contribution in [2.45, 2.75) is 36.2 Å². The second-order valence-corrected chi connectivity index (χ2v) is 5.12. The Morgan fingerprint density at radius 3 is 2.72 bits per heavy atom. The Labute approximate surface area is 106 Å². The number of hydrogen-bond acceptors (Lipinski definition) is 6. The van der Waals surface area contributed by atoms with E-state index in [1.54, 1.807) is 0 Å². The summed E-state index contributed by atoms with van der Waals surface area (Å²) >= 11 is 1.06. The van der Waals surface area contributed by atoms with E-state index in [1.165, 1.54) is 0 Å². The predicted octanol–water partition coefficient (Wildman–Crippen LogP) is -1.25. The first-order valence-electron chi connectivity index (χ1n) is 5.41. The number of ether oxygens (including phenoxy) is 1. The van der Waals surface area contributed by atoms with E-state index < -0.39 is 49.4 Å². The Morgan fingerprint density at radius 1 is 1.39 bits per heavy atom. The van der Waals surface area contributed by atoms with E-state index in [4.69, 9.17) is 9.84 Å². The summed E-state index contributed by atoms with van der Waals surface area (Å²) in [5.41, 5.74) is -0.558. The lowest BCUT2D eigenvalue weighted by molar-refractivity contribution is -0.167. The fourth-order valence-corrected chi connectivity index (χ4v) is 3.00. The highest BCUT2D eigenvalue weighted by Gasteiger charge is 2.48. The van der Waals surface area contributed by atoms with E-state index >= 15 is 0 Å². The number of thioether (sulfide) groups is 1. The van der Waals surface area contributed by atoms with Crippen LogP contribution >= 0.6 is 11.8 Å². The predicted molar refractivity (Wildman–Crippen MR) is 60.6 cm³/mol. The van der Waals surface area contributed by atoms with Crippen LogP contribution in [0.3, 0.4) is 0 Å². The number of aliphatic imine (C=N–C) groups is 1. The molecule has 18 heavy (non-hydrogen) atoms. The van der Waals surface area contributed by atoms with Gasteiger partial charge in [0.1, 0.15) is 30.3 Å². The van der Waals surface area contributed by atoms with Gasteiger partial charge in [-0.3, -0.25) is 4.99 Å². The van der Waals surface area contributed by atoms with Crippen molar-refractivity contribution >= 4 is 16.9 Å². The van der Waals surface area contributed by atoms with Crippen LogP contribution in [0, 0.1) is 0 Å². The second kappa shape index (κ2) is 5.66. The average molecular weight is 284 g/mol. The van der Waals surface area contributed by atoms with E-state index in [1.807, 2.05) is 0 Å². The maximum atomic E-state index is 12.0. The van der Waals surface area contributed by atoms with Gasteiger partial charge in [0.25, 0.3) is 6.43 Å². The van der Waals surface area contributed by atoms with E-state index in [9.17, 15) is 19.0 Å². The van der Waals surface area contributed by atoms with Crippen LogP contribution in [0.25, 0.3) is 0 Å². The quantitative estimate of drug-likeness (QED) is 0.517. The largest absolute Gasteiger partial charge is 0.394 e. The highest BCUT2D eigenvalue weighted by Crippen LogP contribution is 2.33. The number of nitrogens with zero attached hydrogens (tertiary/aromatic N) is 1. The summed E-state index contributed by atoms with van der Waals surface area (Å²) in [6, 6.07) is -0.621. The van der Waals surface area contributed by atoms with Gasteiger partial charge in [-0.15, -0.1) is 0 Å². The van der Waals surface area contributed by atoms with Gasteiger partial charge in [-0.1, -0.05) is 11.8 Å². The maximum Gasteiger partial charge on any atom is 0.257 e. The molecule has 0 amide bonds. The van der Waals surface area contributed by atoms with Crippen LogP contribution in [0.4, 0.5) is 8.78 Å². The average Bonchev–Trinajstić information content (AvgIpc) is 2.74. The zero-order chi connectivity index (χ0) is 13.3. The fourth-order valence-electron chi connectivity index (χ4n) is 1.86. The topological polar surface area (TPSA) is 94.3 Å². The van der Waals surface area contributed by atoms with Crippen molar-refractivity contribution in [2.24, 2.45) is 4.99 Å². The number of nitrogens with one attached hydrogen (secondary N) is 1. The van der Waals surface area contributed by atoms with Gasteiger partial charge in [0, 0.05) is 0 Å². The number of rotatable bonds is 3. The minimum atomic E-state index is -2.54. The number of aliphatic hydroxyl groups is 3. The summed E-state index contributed by atoms with van der Waals surface area (Å²) in [5.74, 6) is 0. The van der Waals surface area contributed by atoms with Gasteiger partial charge in [-0.2, -0.15) is 0 Å². The molecule has 2 heterocycles. The smallest absolute Gasteiger partial charge is 0.257 e. The third kappa shape index (κ3) is 2.75. The van der Waals surface area contributed by atoms with Crippen molar-refractivity contribution in [3.8, 4) is 0 Å². The van der Waals surface area contributed by atoms with Gasteiger partial charge >= 0.3 is 0 Å². The van der Waals surface area contributed by atoms with Crippen LogP contribution in [0.5, 0.6) is 0 Å². The summed E-state index contributed by atoms with van der Waals surface area (Å²) in [4.78, 5) is 3.64. The number of aliphatic hydroxyl groups excluding tert-OH is 3. The van der Waals surface area contributed by atoms with Gasteiger partial charge in [0.2, 0.25) is 0 Å². The van der Waals surface area contributed by atoms with Gasteiger partial charge in [-0.25, -0.2) is 8.78 Å². The summed E-state index contributed by atoms with van der Waals surface area (Å²) in [6.07, 6.45) is -5.79. The zero-order valence-electron chi connectivity index (χ0n) is 9.24. The van der Waals surface area contributed by atoms with Crippen LogP contribution in [-0.4, -0.2) is 69.9 Å². The second-order valence-electron chi connectivity index (χ2n) is 4.03. The summed E-state index contributed by atoms with van der Waals surface area (Å²) in [7, 11) is 0. The number of fused-ring (bicyclic) bond motifs is 1. The highest BCUT2D eigenvalue weighted by molar-refractivity contribution is 8.14. The summed E-state index contributed by atoms with van der Waals surface area (Å²) in [5, 5.41) is 31.4. The number of halogens is 2. The molecule has 5 atom stereocenters. The molecular formula is C9H14F2N2O4S. The van der Waals surface area contributed by atoms with Crippen LogP contribution in [0.1, 0.15) is 0 Å². The Balaban J connectivity index is 2.03. The summed E-state index contributed by atoms with van der Waals surface area (Å²) in [6.45, 7) is -1.05. The molecule has 2 aliphatic heterocycles. The number of hydrogen-bond donors (Lipinski definition) is 4. The van der Waals surface area contributed by atoms with Crippen LogP contribution in [0.2, 0.25) is 0 Å². The first-order valence-corrected chi connectivity index (χ1v) is 6.29. The lowest BCUT2D eigenvalue weighted by Gasteiger charge is -2.38. The molecule has 104 valence electrons. The van der Waals surface area contributed by atoms with Crippen molar-refractivity contribution < 1.29 is 28.8 Å². The fraction of sp³-hybridized carbons (Fsp3) is 0.889. The van der Waals surface area contributed by atoms with E-state index in [2.05, 4.69) is 10.3 Å². The van der Waals surface area contributed by atoms with Crippen LogP contribution in [-0.2, 0) is 4.74 Å². The third-order valence-corrected chi connectivity index (χ3v) is 3.88. The maximum absolute atomic E-state index is 12.0. The molecule has 0 aromatic heterocycles.